The summed E-state index contributed by atoms with van der Waals surface area (Å²) in [6.45, 7) is 0. The zero-order valence-corrected chi connectivity index (χ0v) is 9.55. The molecule has 0 fully saturated rings. The summed E-state index contributed by atoms with van der Waals surface area (Å²) in [5, 5.41) is 2.20. The van der Waals surface area contributed by atoms with Crippen LogP contribution < -0.4 is 0 Å². The van der Waals surface area contributed by atoms with Gasteiger partial charge in [0.15, 0.2) is 0 Å². The molecular weight excluding hydrogens is 224 g/mol. The number of hydrogen-bond acceptors (Lipinski definition) is 2. The van der Waals surface area contributed by atoms with Crippen LogP contribution in [0.5, 0.6) is 0 Å². The van der Waals surface area contributed by atoms with Gasteiger partial charge in [0.05, 0.1) is 0 Å². The molecule has 4 aromatic rings. The minimum atomic E-state index is 0.878. The molecule has 1 N–H and O–H groups in total. The van der Waals surface area contributed by atoms with Gasteiger partial charge < -0.3 is 9.40 Å². The van der Waals surface area contributed by atoms with E-state index in [9.17, 15) is 0 Å². The lowest BCUT2D eigenvalue weighted by atomic mass is 10.1. The van der Waals surface area contributed by atoms with Gasteiger partial charge in [-0.2, -0.15) is 0 Å². The summed E-state index contributed by atoms with van der Waals surface area (Å²) in [7, 11) is 0. The van der Waals surface area contributed by atoms with Crippen molar-refractivity contribution in [3.8, 4) is 11.3 Å². The van der Waals surface area contributed by atoms with Gasteiger partial charge in [-0.1, -0.05) is 18.2 Å². The number of aromatic nitrogens is 2. The Morgan fingerprint density at radius 2 is 2.00 bits per heavy atom. The first-order chi connectivity index (χ1) is 8.92. The smallest absolute Gasteiger partial charge is 0.137 e. The predicted octanol–water partition coefficient (Wildman–Crippen LogP) is 3.98. The van der Waals surface area contributed by atoms with E-state index < -0.39 is 0 Å². The lowest BCUT2D eigenvalue weighted by Crippen LogP contribution is -1.79. The second-order valence-corrected chi connectivity index (χ2v) is 4.25. The molecule has 0 atom stereocenters. The number of nitrogens with zero attached hydrogens (tertiary/aromatic N) is 1. The highest BCUT2D eigenvalue weighted by atomic mass is 16.3. The number of benzene rings is 1. The van der Waals surface area contributed by atoms with E-state index in [2.05, 4.69) is 22.1 Å². The molecule has 86 valence electrons. The summed E-state index contributed by atoms with van der Waals surface area (Å²) in [4.78, 5) is 7.39. The van der Waals surface area contributed by atoms with Gasteiger partial charge in [-0.25, -0.2) is 4.98 Å². The van der Waals surface area contributed by atoms with Crippen molar-refractivity contribution in [2.45, 2.75) is 0 Å². The second-order valence-electron chi connectivity index (χ2n) is 4.25. The van der Waals surface area contributed by atoms with Crippen LogP contribution in [0.1, 0.15) is 0 Å². The zero-order valence-electron chi connectivity index (χ0n) is 9.55. The molecule has 0 aliphatic heterocycles. The molecule has 0 saturated heterocycles. The fourth-order valence-corrected chi connectivity index (χ4v) is 2.29. The Morgan fingerprint density at radius 3 is 2.94 bits per heavy atom. The summed E-state index contributed by atoms with van der Waals surface area (Å²) in [5.41, 5.74) is 2.86. The summed E-state index contributed by atoms with van der Waals surface area (Å²) in [6.07, 6.45) is 3.69. The molecule has 3 nitrogen and oxygen atoms in total. The minimum absolute atomic E-state index is 0.878. The van der Waals surface area contributed by atoms with E-state index in [1.54, 1.807) is 6.20 Å². The van der Waals surface area contributed by atoms with Crippen molar-refractivity contribution in [2.24, 2.45) is 0 Å². The Morgan fingerprint density at radius 1 is 1.06 bits per heavy atom. The van der Waals surface area contributed by atoms with E-state index in [1.807, 2.05) is 36.5 Å². The summed E-state index contributed by atoms with van der Waals surface area (Å²) in [5.74, 6) is 0.878. The van der Waals surface area contributed by atoms with E-state index in [0.29, 0.717) is 0 Å². The maximum absolute atomic E-state index is 5.89. The molecule has 1 aromatic carbocycles. The Hall–Kier alpha value is -2.55. The van der Waals surface area contributed by atoms with Crippen LogP contribution in [0.25, 0.3) is 33.3 Å². The number of fused-ring (bicyclic) bond motifs is 2. The Bertz CT molecular complexity index is 809. The van der Waals surface area contributed by atoms with Gasteiger partial charge in [0, 0.05) is 28.7 Å². The normalized spacial score (nSPS) is 11.3. The summed E-state index contributed by atoms with van der Waals surface area (Å²) < 4.78 is 5.89. The minimum Gasteiger partial charge on any atom is -0.456 e. The van der Waals surface area contributed by atoms with Crippen molar-refractivity contribution in [2.75, 3.05) is 0 Å². The molecule has 3 heterocycles. The van der Waals surface area contributed by atoms with Crippen LogP contribution >= 0.6 is 0 Å². The van der Waals surface area contributed by atoms with Crippen LogP contribution in [-0.2, 0) is 0 Å². The number of para-hydroxylation sites is 1. The Kier molecular flexibility index (Phi) is 1.83. The second kappa shape index (κ2) is 3.47. The molecule has 0 saturated carbocycles. The number of rotatable bonds is 1. The summed E-state index contributed by atoms with van der Waals surface area (Å²) in [6, 6.07) is 14.1. The van der Waals surface area contributed by atoms with Crippen molar-refractivity contribution in [3.05, 3.63) is 54.9 Å². The van der Waals surface area contributed by atoms with Crippen molar-refractivity contribution in [1.82, 2.24) is 9.97 Å². The predicted molar refractivity (Wildman–Crippen MR) is 71.3 cm³/mol. The van der Waals surface area contributed by atoms with Crippen molar-refractivity contribution in [3.63, 3.8) is 0 Å². The van der Waals surface area contributed by atoms with E-state index >= 15 is 0 Å². The van der Waals surface area contributed by atoms with Crippen LogP contribution in [0.15, 0.2) is 59.3 Å². The standard InChI is InChI=1S/C15H10N2O/c1-2-4-13-10(3-1)9-14(18-13)11-5-7-16-15-12(11)6-8-17-15/h1-9H,(H,16,17). The fourth-order valence-electron chi connectivity index (χ4n) is 2.29. The largest absolute Gasteiger partial charge is 0.456 e. The maximum atomic E-state index is 5.89. The highest BCUT2D eigenvalue weighted by Gasteiger charge is 2.09. The molecule has 0 spiro atoms. The summed E-state index contributed by atoms with van der Waals surface area (Å²) >= 11 is 0. The van der Waals surface area contributed by atoms with Crippen molar-refractivity contribution in [1.29, 1.82) is 0 Å². The average molecular weight is 234 g/mol. The van der Waals surface area contributed by atoms with Gasteiger partial charge in [-0.3, -0.25) is 0 Å². The molecule has 0 amide bonds. The van der Waals surface area contributed by atoms with Gasteiger partial charge in [0.1, 0.15) is 17.0 Å². The van der Waals surface area contributed by atoms with Gasteiger partial charge in [-0.15, -0.1) is 0 Å². The number of hydrogen-bond donors (Lipinski definition) is 1. The monoisotopic (exact) mass is 234 g/mol. The van der Waals surface area contributed by atoms with Crippen molar-refractivity contribution < 1.29 is 4.42 Å². The number of nitrogens with one attached hydrogen (secondary N) is 1. The van der Waals surface area contributed by atoms with Crippen LogP contribution in [0.2, 0.25) is 0 Å². The third-order valence-corrected chi connectivity index (χ3v) is 3.15. The number of furan rings is 1. The lowest BCUT2D eigenvalue weighted by Gasteiger charge is -1.97. The SMILES string of the molecule is c1ccc2oc(-c3ccnc4[nH]ccc34)cc2c1. The molecule has 0 bridgehead atoms. The lowest BCUT2D eigenvalue weighted by molar-refractivity contribution is 0.632. The van der Waals surface area contributed by atoms with Crippen LogP contribution in [0.3, 0.4) is 0 Å². The van der Waals surface area contributed by atoms with E-state index in [0.717, 1.165) is 33.3 Å². The highest BCUT2D eigenvalue weighted by Crippen LogP contribution is 2.31. The first-order valence-corrected chi connectivity index (χ1v) is 5.83. The van der Waals surface area contributed by atoms with Gasteiger partial charge in [0.25, 0.3) is 0 Å². The molecule has 0 aliphatic rings. The number of aromatic amines is 1. The molecule has 18 heavy (non-hydrogen) atoms. The van der Waals surface area contributed by atoms with Crippen molar-refractivity contribution >= 4 is 22.0 Å². The molecule has 0 aliphatic carbocycles. The molecule has 3 aromatic heterocycles. The third-order valence-electron chi connectivity index (χ3n) is 3.15. The van der Waals surface area contributed by atoms with Crippen LogP contribution in [-0.4, -0.2) is 9.97 Å². The third kappa shape index (κ3) is 1.27. The topological polar surface area (TPSA) is 41.8 Å². The van der Waals surface area contributed by atoms with E-state index in [-0.39, 0.29) is 0 Å². The van der Waals surface area contributed by atoms with Gasteiger partial charge in [0.2, 0.25) is 0 Å². The fraction of sp³-hybridized carbons (Fsp3) is 0. The van der Waals surface area contributed by atoms with E-state index in [4.69, 9.17) is 4.42 Å². The zero-order chi connectivity index (χ0) is 11.9. The molecule has 0 unspecified atom stereocenters. The Labute approximate surface area is 103 Å². The van der Waals surface area contributed by atoms with Crippen LogP contribution in [0, 0.1) is 0 Å². The van der Waals surface area contributed by atoms with Gasteiger partial charge in [-0.05, 0) is 24.3 Å². The van der Waals surface area contributed by atoms with E-state index in [1.165, 1.54) is 0 Å². The molecular formula is C15H10N2O. The first-order valence-electron chi connectivity index (χ1n) is 5.83. The molecule has 4 rings (SSSR count). The quantitative estimate of drug-likeness (QED) is 0.541. The highest BCUT2D eigenvalue weighted by molar-refractivity contribution is 5.94. The van der Waals surface area contributed by atoms with Crippen LogP contribution in [0.4, 0.5) is 0 Å². The average Bonchev–Trinajstić information content (AvgIpc) is 3.04. The number of pyridine rings is 1. The first kappa shape index (κ1) is 9.48. The maximum Gasteiger partial charge on any atom is 0.137 e. The molecule has 3 heteroatoms. The Balaban J connectivity index is 2.04. The number of H-pyrrole nitrogens is 1. The molecule has 0 radical (unpaired) electrons. The van der Waals surface area contributed by atoms with Gasteiger partial charge >= 0.3 is 0 Å².